The minimum atomic E-state index is -1.12. The summed E-state index contributed by atoms with van der Waals surface area (Å²) in [6.07, 6.45) is 1.56. The Labute approximate surface area is 116 Å². The van der Waals surface area contributed by atoms with E-state index in [4.69, 9.17) is 10.8 Å². The molecule has 0 heterocycles. The van der Waals surface area contributed by atoms with Crippen LogP contribution in [0, 0.1) is 5.92 Å². The van der Waals surface area contributed by atoms with E-state index >= 15 is 0 Å². The van der Waals surface area contributed by atoms with Gasteiger partial charge < -0.3 is 15.9 Å². The first-order chi connectivity index (χ1) is 9.40. The zero-order chi connectivity index (χ0) is 14.9. The monoisotopic (exact) mass is 273 g/mol. The summed E-state index contributed by atoms with van der Waals surface area (Å²) in [5, 5.41) is 18.4. The molecule has 0 amide bonds. The number of carboxylic acid groups (broad SMARTS) is 2. The van der Waals surface area contributed by atoms with Crippen molar-refractivity contribution in [3.05, 3.63) is 47.1 Å². The molecule has 0 aromatic heterocycles. The maximum Gasteiger partial charge on any atom is 0.336 e. The average molecular weight is 273 g/mol. The fourth-order valence-electron chi connectivity index (χ4n) is 2.44. The van der Waals surface area contributed by atoms with E-state index in [1.807, 2.05) is 6.92 Å². The second-order valence-corrected chi connectivity index (χ2v) is 4.83. The van der Waals surface area contributed by atoms with Crippen LogP contribution in [0.25, 0.3) is 5.57 Å². The number of benzene rings is 1. The highest BCUT2D eigenvalue weighted by molar-refractivity contribution is 6.03. The minimum absolute atomic E-state index is 0.0333. The van der Waals surface area contributed by atoms with E-state index < -0.39 is 11.9 Å². The number of nitrogens with two attached hydrogens (primary N) is 1. The van der Waals surface area contributed by atoms with Crippen molar-refractivity contribution >= 4 is 23.2 Å². The zero-order valence-electron chi connectivity index (χ0n) is 11.0. The fourth-order valence-corrected chi connectivity index (χ4v) is 2.44. The summed E-state index contributed by atoms with van der Waals surface area (Å²) in [7, 11) is 0. The van der Waals surface area contributed by atoms with Crippen molar-refractivity contribution in [3.8, 4) is 0 Å². The Morgan fingerprint density at radius 2 is 1.75 bits per heavy atom. The Kier molecular flexibility index (Phi) is 3.61. The van der Waals surface area contributed by atoms with E-state index in [1.54, 1.807) is 24.3 Å². The standard InChI is InChI=1S/C15H15NO4/c1-8-6-10(14(17)18)7-12(15(19)20)13(8)9-2-4-11(16)5-3-9/h2-5,7-8H,6,16H2,1H3,(H,17,18)(H,19,20). The third kappa shape index (κ3) is 2.56. The summed E-state index contributed by atoms with van der Waals surface area (Å²) < 4.78 is 0. The molecule has 5 nitrogen and oxygen atoms in total. The molecule has 1 aromatic carbocycles. The smallest absolute Gasteiger partial charge is 0.336 e. The lowest BCUT2D eigenvalue weighted by molar-refractivity contribution is -0.132. The molecule has 1 aliphatic carbocycles. The topological polar surface area (TPSA) is 101 Å². The van der Waals surface area contributed by atoms with Gasteiger partial charge in [-0.15, -0.1) is 0 Å². The lowest BCUT2D eigenvalue weighted by Gasteiger charge is -2.23. The molecule has 1 aromatic rings. The van der Waals surface area contributed by atoms with Crippen molar-refractivity contribution in [2.24, 2.45) is 5.92 Å². The maximum atomic E-state index is 11.4. The highest BCUT2D eigenvalue weighted by atomic mass is 16.4. The summed E-state index contributed by atoms with van der Waals surface area (Å²) in [5.41, 5.74) is 7.77. The molecule has 4 N–H and O–H groups in total. The molecule has 0 fully saturated rings. The van der Waals surface area contributed by atoms with Gasteiger partial charge in [0.15, 0.2) is 0 Å². The van der Waals surface area contributed by atoms with E-state index in [9.17, 15) is 14.7 Å². The number of anilines is 1. The van der Waals surface area contributed by atoms with Crippen LogP contribution in [-0.4, -0.2) is 22.2 Å². The van der Waals surface area contributed by atoms with Gasteiger partial charge in [0.25, 0.3) is 0 Å². The Morgan fingerprint density at radius 3 is 2.25 bits per heavy atom. The van der Waals surface area contributed by atoms with E-state index in [0.29, 0.717) is 17.7 Å². The number of rotatable bonds is 3. The maximum absolute atomic E-state index is 11.4. The van der Waals surface area contributed by atoms with Gasteiger partial charge in [0, 0.05) is 11.3 Å². The first kappa shape index (κ1) is 13.9. The molecule has 1 unspecified atom stereocenters. The highest BCUT2D eigenvalue weighted by Gasteiger charge is 2.27. The molecule has 5 heteroatoms. The molecule has 0 aliphatic heterocycles. The van der Waals surface area contributed by atoms with Gasteiger partial charge in [-0.3, -0.25) is 0 Å². The number of aliphatic carboxylic acids is 2. The van der Waals surface area contributed by atoms with Crippen molar-refractivity contribution in [2.45, 2.75) is 13.3 Å². The molecular weight excluding hydrogens is 258 g/mol. The number of hydrogen-bond acceptors (Lipinski definition) is 3. The van der Waals surface area contributed by atoms with Gasteiger partial charge >= 0.3 is 11.9 Å². The largest absolute Gasteiger partial charge is 0.478 e. The van der Waals surface area contributed by atoms with Crippen molar-refractivity contribution in [2.75, 3.05) is 5.73 Å². The van der Waals surface area contributed by atoms with E-state index in [0.717, 1.165) is 5.56 Å². The lowest BCUT2D eigenvalue weighted by Crippen LogP contribution is -2.17. The number of allylic oxidation sites excluding steroid dienone is 1. The first-order valence-electron chi connectivity index (χ1n) is 6.17. The summed E-state index contributed by atoms with van der Waals surface area (Å²) >= 11 is 0. The number of nitrogen functional groups attached to an aromatic ring is 1. The van der Waals surface area contributed by atoms with Gasteiger partial charge in [0.05, 0.1) is 5.57 Å². The van der Waals surface area contributed by atoms with Crippen molar-refractivity contribution in [1.29, 1.82) is 0 Å². The van der Waals surface area contributed by atoms with Crippen LogP contribution in [0.3, 0.4) is 0 Å². The number of carbonyl (C=O) groups is 2. The normalized spacial score (nSPS) is 18.6. The highest BCUT2D eigenvalue weighted by Crippen LogP contribution is 2.36. The van der Waals surface area contributed by atoms with Crippen LogP contribution in [0.2, 0.25) is 0 Å². The molecule has 0 bridgehead atoms. The van der Waals surface area contributed by atoms with Crippen LogP contribution in [-0.2, 0) is 9.59 Å². The Hall–Kier alpha value is -2.56. The second-order valence-electron chi connectivity index (χ2n) is 4.83. The first-order valence-corrected chi connectivity index (χ1v) is 6.17. The molecule has 20 heavy (non-hydrogen) atoms. The van der Waals surface area contributed by atoms with Gasteiger partial charge in [-0.2, -0.15) is 0 Å². The lowest BCUT2D eigenvalue weighted by atomic mass is 9.80. The molecular formula is C15H15NO4. The van der Waals surface area contributed by atoms with Crippen LogP contribution in [0.1, 0.15) is 18.9 Å². The Balaban J connectivity index is 2.60. The molecule has 0 saturated carbocycles. The summed E-state index contributed by atoms with van der Waals surface area (Å²) in [5.74, 6) is -2.38. The van der Waals surface area contributed by atoms with Crippen LogP contribution in [0.15, 0.2) is 41.5 Å². The second kappa shape index (κ2) is 5.21. The predicted octanol–water partition coefficient (Wildman–Crippen LogP) is 2.16. The van der Waals surface area contributed by atoms with Crippen molar-refractivity contribution in [1.82, 2.24) is 0 Å². The average Bonchev–Trinajstić information content (AvgIpc) is 2.39. The molecule has 2 rings (SSSR count). The van der Waals surface area contributed by atoms with Gasteiger partial charge in [-0.1, -0.05) is 19.1 Å². The summed E-state index contributed by atoms with van der Waals surface area (Å²) in [6.45, 7) is 1.82. The SMILES string of the molecule is CC1CC(C(=O)O)=CC(C(=O)O)=C1c1ccc(N)cc1. The van der Waals surface area contributed by atoms with Gasteiger partial charge in [0.1, 0.15) is 0 Å². The third-order valence-electron chi connectivity index (χ3n) is 3.35. The number of hydrogen-bond donors (Lipinski definition) is 3. The molecule has 1 aliphatic rings. The van der Waals surface area contributed by atoms with Crippen LogP contribution < -0.4 is 5.73 Å². The van der Waals surface area contributed by atoms with Gasteiger partial charge in [0.2, 0.25) is 0 Å². The van der Waals surface area contributed by atoms with Crippen LogP contribution >= 0.6 is 0 Å². The zero-order valence-corrected chi connectivity index (χ0v) is 11.0. The van der Waals surface area contributed by atoms with Crippen molar-refractivity contribution in [3.63, 3.8) is 0 Å². The number of carboxylic acids is 2. The fraction of sp³-hybridized carbons (Fsp3) is 0.200. The molecule has 0 radical (unpaired) electrons. The minimum Gasteiger partial charge on any atom is -0.478 e. The van der Waals surface area contributed by atoms with Gasteiger partial charge in [-0.25, -0.2) is 9.59 Å². The summed E-state index contributed by atoms with van der Waals surface area (Å²) in [6, 6.07) is 6.91. The molecule has 1 atom stereocenters. The summed E-state index contributed by atoms with van der Waals surface area (Å²) in [4.78, 5) is 22.5. The van der Waals surface area contributed by atoms with Crippen molar-refractivity contribution < 1.29 is 19.8 Å². The van der Waals surface area contributed by atoms with Gasteiger partial charge in [-0.05, 0) is 41.7 Å². The van der Waals surface area contributed by atoms with Crippen LogP contribution in [0.5, 0.6) is 0 Å². The predicted molar refractivity (Wildman–Crippen MR) is 74.9 cm³/mol. The quantitative estimate of drug-likeness (QED) is 0.733. The van der Waals surface area contributed by atoms with E-state index in [1.165, 1.54) is 6.08 Å². The third-order valence-corrected chi connectivity index (χ3v) is 3.35. The van der Waals surface area contributed by atoms with E-state index in [-0.39, 0.29) is 17.1 Å². The molecule has 0 spiro atoms. The Bertz CT molecular complexity index is 626. The van der Waals surface area contributed by atoms with Crippen LogP contribution in [0.4, 0.5) is 5.69 Å². The molecule has 104 valence electrons. The van der Waals surface area contributed by atoms with E-state index in [2.05, 4.69) is 0 Å². The Morgan fingerprint density at radius 1 is 1.15 bits per heavy atom. The molecule has 0 saturated heterocycles.